The number of rotatable bonds is 15. The van der Waals surface area contributed by atoms with Gasteiger partial charge in [0, 0.05) is 26.1 Å². The smallest absolute Gasteiger partial charge is 0.305 e. The van der Waals surface area contributed by atoms with E-state index in [9.17, 15) is 59.1 Å². The molecule has 1 aromatic rings. The minimum absolute atomic E-state index is 0.0268. The molecule has 0 aliphatic carbocycles. The van der Waals surface area contributed by atoms with E-state index in [0.717, 1.165) is 0 Å². The number of unbranched alkanes of at least 4 members (excludes halogenated alkanes) is 1. The Bertz CT molecular complexity index is 1610. The first-order valence-electron chi connectivity index (χ1n) is 18.2. The van der Waals surface area contributed by atoms with Gasteiger partial charge in [-0.2, -0.15) is 0 Å². The summed E-state index contributed by atoms with van der Waals surface area (Å²) >= 11 is 0. The number of benzene rings is 1. The Morgan fingerprint density at radius 3 is 2.02 bits per heavy atom. The van der Waals surface area contributed by atoms with Gasteiger partial charge in [-0.1, -0.05) is 12.1 Å². The molecule has 3 rings (SSSR count). The number of hydrogen-bond donors (Lipinski definition) is 14. The van der Waals surface area contributed by atoms with Crippen molar-refractivity contribution >= 4 is 47.4 Å². The molecule has 0 bridgehead atoms. The van der Waals surface area contributed by atoms with Crippen molar-refractivity contribution in [3.63, 3.8) is 0 Å². The minimum Gasteiger partial charge on any atom is -0.508 e. The number of nitrogens with two attached hydrogens (primary N) is 3. The number of carbonyl (C=O) groups excluding carboxylic acids is 6. The van der Waals surface area contributed by atoms with Crippen LogP contribution in [-0.2, 0) is 44.7 Å². The van der Waals surface area contributed by atoms with Crippen LogP contribution in [0.5, 0.6) is 5.75 Å². The van der Waals surface area contributed by atoms with Crippen molar-refractivity contribution in [2.45, 2.75) is 99.6 Å². The monoisotopic (exact) mass is 808 g/mol. The first-order chi connectivity index (χ1) is 27.0. The van der Waals surface area contributed by atoms with Crippen molar-refractivity contribution < 1.29 is 63.8 Å². The zero-order valence-electron chi connectivity index (χ0n) is 31.0. The number of phenols is 1. The van der Waals surface area contributed by atoms with Crippen LogP contribution in [0.1, 0.15) is 44.1 Å². The number of ether oxygens (including phenoxy) is 1. The molecule has 0 radical (unpaired) electrons. The van der Waals surface area contributed by atoms with Gasteiger partial charge in [0.25, 0.3) is 5.91 Å². The maximum atomic E-state index is 13.9. The number of aromatic hydroxyl groups is 1. The summed E-state index contributed by atoms with van der Waals surface area (Å²) in [5, 5.41) is 64.4. The lowest BCUT2D eigenvalue weighted by atomic mass is 9.94. The molecule has 2 aliphatic rings. The lowest BCUT2D eigenvalue weighted by molar-refractivity contribution is -0.217. The summed E-state index contributed by atoms with van der Waals surface area (Å²) in [5.74, 6) is -7.08. The van der Waals surface area contributed by atoms with Crippen molar-refractivity contribution in [3.8, 4) is 5.75 Å². The molecule has 23 nitrogen and oxygen atoms in total. The van der Waals surface area contributed by atoms with Crippen LogP contribution >= 0.6 is 0 Å². The third kappa shape index (κ3) is 14.4. The molecule has 2 fully saturated rings. The fourth-order valence-electron chi connectivity index (χ4n) is 6.00. The highest BCUT2D eigenvalue weighted by Gasteiger charge is 2.46. The number of amides is 6. The Labute approximate surface area is 326 Å². The normalized spacial score (nSPS) is 27.6. The van der Waals surface area contributed by atoms with E-state index in [1.54, 1.807) is 0 Å². The number of carboxylic acids is 1. The highest BCUT2D eigenvalue weighted by molar-refractivity contribution is 5.98. The zero-order chi connectivity index (χ0) is 42.2. The Balaban J connectivity index is 1.86. The van der Waals surface area contributed by atoms with Crippen LogP contribution < -0.4 is 49.1 Å². The van der Waals surface area contributed by atoms with Crippen molar-refractivity contribution in [1.29, 1.82) is 0 Å². The van der Waals surface area contributed by atoms with Gasteiger partial charge >= 0.3 is 5.97 Å². The number of phenolic OH excluding ortho intramolecular Hbond substituents is 1. The van der Waals surface area contributed by atoms with Crippen molar-refractivity contribution in [2.75, 3.05) is 26.2 Å². The van der Waals surface area contributed by atoms with Gasteiger partial charge in [-0.3, -0.25) is 38.6 Å². The van der Waals surface area contributed by atoms with E-state index in [4.69, 9.17) is 21.9 Å². The molecule has 9 atom stereocenters. The molecule has 17 N–H and O–H groups in total. The minimum atomic E-state index is -1.75. The van der Waals surface area contributed by atoms with Crippen LogP contribution in [0.4, 0.5) is 0 Å². The van der Waals surface area contributed by atoms with Gasteiger partial charge in [-0.25, -0.2) is 0 Å². The number of aliphatic hydroxyl groups excluding tert-OH is 3. The van der Waals surface area contributed by atoms with E-state index < -0.39 is 109 Å². The van der Waals surface area contributed by atoms with Crippen molar-refractivity contribution in [1.82, 2.24) is 31.9 Å². The second-order valence-electron chi connectivity index (χ2n) is 13.5. The Morgan fingerprint density at radius 1 is 0.789 bits per heavy atom. The van der Waals surface area contributed by atoms with Crippen LogP contribution in [0.15, 0.2) is 29.3 Å². The topological polar surface area (TPSA) is 392 Å². The molecule has 0 unspecified atom stereocenters. The number of aliphatic hydroxyl groups is 3. The van der Waals surface area contributed by atoms with E-state index in [1.165, 1.54) is 24.3 Å². The molecule has 0 spiro atoms. The third-order valence-corrected chi connectivity index (χ3v) is 9.10. The third-order valence-electron chi connectivity index (χ3n) is 9.10. The van der Waals surface area contributed by atoms with Gasteiger partial charge in [-0.15, -0.1) is 0 Å². The fourth-order valence-corrected chi connectivity index (χ4v) is 6.00. The number of carbonyl (C=O) groups is 7. The summed E-state index contributed by atoms with van der Waals surface area (Å²) in [5.41, 5.74) is 16.8. The maximum Gasteiger partial charge on any atom is 0.305 e. The molecular formula is C34H52N10O13. The van der Waals surface area contributed by atoms with Gasteiger partial charge < -0.3 is 79.4 Å². The van der Waals surface area contributed by atoms with Crippen LogP contribution in [0.2, 0.25) is 0 Å². The van der Waals surface area contributed by atoms with Crippen molar-refractivity contribution in [2.24, 2.45) is 22.2 Å². The lowest BCUT2D eigenvalue weighted by Gasteiger charge is -2.39. The molecule has 2 saturated heterocycles. The first-order valence-corrected chi connectivity index (χ1v) is 18.2. The fraction of sp³-hybridized carbons (Fsp3) is 0.588. The lowest BCUT2D eigenvalue weighted by Crippen LogP contribution is -2.62. The molecule has 0 aromatic heterocycles. The Kier molecular flexibility index (Phi) is 17.8. The van der Waals surface area contributed by atoms with Gasteiger partial charge in [0.2, 0.25) is 29.5 Å². The molecule has 57 heavy (non-hydrogen) atoms. The number of nitrogens with zero attached hydrogens (tertiary/aromatic N) is 1. The number of aliphatic imine (C=N–C) groups is 1. The van der Waals surface area contributed by atoms with Gasteiger partial charge in [0.05, 0.1) is 19.1 Å². The van der Waals surface area contributed by atoms with E-state index in [0.29, 0.717) is 5.56 Å². The largest absolute Gasteiger partial charge is 0.508 e. The van der Waals surface area contributed by atoms with Crippen LogP contribution in [0.3, 0.4) is 0 Å². The Morgan fingerprint density at radius 2 is 1.39 bits per heavy atom. The maximum absolute atomic E-state index is 13.9. The average Bonchev–Trinajstić information content (AvgIpc) is 3.16. The summed E-state index contributed by atoms with van der Waals surface area (Å²) < 4.78 is 5.38. The first kappa shape index (κ1) is 45.8. The molecule has 0 saturated carbocycles. The second kappa shape index (κ2) is 22.2. The molecule has 23 heteroatoms. The quantitative estimate of drug-likeness (QED) is 0.0445. The standard InChI is InChI=1S/C34H52N10O13/c35-14-22-25(49)26(50)27(51)28(57-22)33(56)38-10-2-1-4-19-30(53)42-18(5-3-11-39-34(36)37)29(52)40-15-23(46)41-21(13-24(47)48)32(55)44-20(31(54)43-19)12-16-6-8-17(45)9-7-16/h6-9,18-22,25-28,45,49-51H,1-5,10-15,35H2,(H,38,56)(H,40,52)(H,41,46)(H,42,53)(H,43,54)(H,44,55)(H,47,48)(H4,36,37,39)/t18-,19-,20+,21-,22+,25+,26-,27+,28+/m0/s1. The number of aliphatic carboxylic acids is 1. The van der Waals surface area contributed by atoms with Crippen LogP contribution in [-0.4, -0.2) is 154 Å². The second-order valence-corrected chi connectivity index (χ2v) is 13.5. The molecule has 2 heterocycles. The van der Waals surface area contributed by atoms with Crippen LogP contribution in [0, 0.1) is 0 Å². The SMILES string of the molecule is NC[C@H]1O[C@@H](C(=O)NCCCC[C@@H]2NC(=O)[C@@H](Cc3ccc(O)cc3)NC(=O)[C@H](CC(=O)O)NC(=O)CNC(=O)[C@H](CCCN=C(N)N)NC2=O)[C@H](O)[C@@H](O)[C@@H]1O. The van der Waals surface area contributed by atoms with E-state index in [2.05, 4.69) is 36.9 Å². The number of guanidine groups is 1. The summed E-state index contributed by atoms with van der Waals surface area (Å²) in [6.45, 7) is -0.893. The van der Waals surface area contributed by atoms with E-state index in [-0.39, 0.29) is 69.9 Å². The van der Waals surface area contributed by atoms with E-state index in [1.807, 2.05) is 0 Å². The summed E-state index contributed by atoms with van der Waals surface area (Å²) in [4.78, 5) is 95.5. The highest BCUT2D eigenvalue weighted by Crippen LogP contribution is 2.21. The zero-order valence-corrected chi connectivity index (χ0v) is 31.0. The van der Waals surface area contributed by atoms with E-state index >= 15 is 0 Å². The summed E-state index contributed by atoms with van der Waals surface area (Å²) in [7, 11) is 0. The molecule has 316 valence electrons. The predicted molar refractivity (Wildman–Crippen MR) is 197 cm³/mol. The summed E-state index contributed by atoms with van der Waals surface area (Å²) in [6, 6.07) is -0.139. The number of nitrogens with one attached hydrogen (secondary N) is 6. The van der Waals surface area contributed by atoms with Crippen LogP contribution in [0.25, 0.3) is 0 Å². The van der Waals surface area contributed by atoms with Crippen molar-refractivity contribution in [3.05, 3.63) is 29.8 Å². The average molecular weight is 809 g/mol. The predicted octanol–water partition coefficient (Wildman–Crippen LogP) is -6.37. The number of hydrogen-bond acceptors (Lipinski definition) is 14. The summed E-state index contributed by atoms with van der Waals surface area (Å²) in [6.07, 6.45) is -8.25. The molecule has 1 aromatic carbocycles. The Hall–Kier alpha value is -5.62. The van der Waals surface area contributed by atoms with Gasteiger partial charge in [0.1, 0.15) is 48.2 Å². The van der Waals surface area contributed by atoms with Gasteiger partial charge in [-0.05, 0) is 49.8 Å². The molecule has 6 amide bonds. The number of carboxylic acid groups (broad SMARTS) is 1. The van der Waals surface area contributed by atoms with Gasteiger partial charge in [0.15, 0.2) is 12.1 Å². The molecule has 2 aliphatic heterocycles. The highest BCUT2D eigenvalue weighted by atomic mass is 16.5. The molecular weight excluding hydrogens is 756 g/mol.